The first-order chi connectivity index (χ1) is 5.59. The van der Waals surface area contributed by atoms with E-state index in [0.717, 1.165) is 5.92 Å². The minimum Gasteiger partial charge on any atom is -0.0727 e. The van der Waals surface area contributed by atoms with E-state index in [1.54, 1.807) is 16.7 Å². The Kier molecular flexibility index (Phi) is 3.13. The van der Waals surface area contributed by atoms with Crippen molar-refractivity contribution in [3.05, 3.63) is 22.8 Å². The number of hydrogen-bond acceptors (Lipinski definition) is 0. The molecule has 0 aromatic heterocycles. The maximum Gasteiger partial charge on any atom is -0.0256 e. The van der Waals surface area contributed by atoms with Crippen molar-refractivity contribution in [3.8, 4) is 0 Å². The van der Waals surface area contributed by atoms with Crippen molar-refractivity contribution < 1.29 is 0 Å². The van der Waals surface area contributed by atoms with Crippen LogP contribution in [-0.2, 0) is 0 Å². The third-order valence-electron chi connectivity index (χ3n) is 2.49. The van der Waals surface area contributed by atoms with Gasteiger partial charge in [-0.2, -0.15) is 0 Å². The summed E-state index contributed by atoms with van der Waals surface area (Å²) in [5, 5.41) is 0. The molecule has 0 amide bonds. The van der Waals surface area contributed by atoms with Crippen LogP contribution in [0.25, 0.3) is 0 Å². The summed E-state index contributed by atoms with van der Waals surface area (Å²) in [7, 11) is 0. The lowest BCUT2D eigenvalue weighted by Gasteiger charge is -2.17. The van der Waals surface area contributed by atoms with Crippen LogP contribution < -0.4 is 0 Å². The summed E-state index contributed by atoms with van der Waals surface area (Å²) in [6.45, 7) is 9.10. The quantitative estimate of drug-likeness (QED) is 0.576. The van der Waals surface area contributed by atoms with Gasteiger partial charge >= 0.3 is 0 Å². The van der Waals surface area contributed by atoms with Crippen molar-refractivity contribution >= 4 is 0 Å². The van der Waals surface area contributed by atoms with Gasteiger partial charge in [-0.1, -0.05) is 31.1 Å². The Morgan fingerprint density at radius 3 is 2.50 bits per heavy atom. The van der Waals surface area contributed by atoms with Crippen LogP contribution in [0, 0.1) is 5.92 Å². The van der Waals surface area contributed by atoms with Gasteiger partial charge in [0.25, 0.3) is 0 Å². The molecule has 1 rings (SSSR count). The van der Waals surface area contributed by atoms with Gasteiger partial charge in [0, 0.05) is 0 Å². The van der Waals surface area contributed by atoms with Crippen LogP contribution in [0.3, 0.4) is 0 Å². The number of hydrogen-bond donors (Lipinski definition) is 0. The van der Waals surface area contributed by atoms with Crippen LogP contribution in [0.1, 0.15) is 47.0 Å². The molecule has 0 heteroatoms. The molecule has 12 heavy (non-hydrogen) atoms. The molecule has 0 radical (unpaired) electrons. The molecular weight excluding hydrogens is 144 g/mol. The highest BCUT2D eigenvalue weighted by Gasteiger charge is 2.08. The fraction of sp³-hybridized carbons (Fsp3) is 0.667. The Hall–Kier alpha value is -0.520. The SMILES string of the molecule is CC1=CC(CC(C)C)=C(C)CC1. The molecule has 0 aliphatic heterocycles. The molecule has 0 saturated carbocycles. The molecule has 0 saturated heterocycles. The van der Waals surface area contributed by atoms with E-state index >= 15 is 0 Å². The van der Waals surface area contributed by atoms with E-state index in [-0.39, 0.29) is 0 Å². The smallest absolute Gasteiger partial charge is 0.0256 e. The molecule has 0 aromatic rings. The minimum atomic E-state index is 0.789. The molecule has 0 atom stereocenters. The minimum absolute atomic E-state index is 0.789. The molecule has 0 spiro atoms. The lowest BCUT2D eigenvalue weighted by molar-refractivity contribution is 0.639. The predicted octanol–water partition coefficient (Wildman–Crippen LogP) is 4.09. The van der Waals surface area contributed by atoms with Crippen LogP contribution in [0.2, 0.25) is 0 Å². The van der Waals surface area contributed by atoms with Gasteiger partial charge in [0.1, 0.15) is 0 Å². The van der Waals surface area contributed by atoms with Crippen molar-refractivity contribution in [2.45, 2.75) is 47.0 Å². The van der Waals surface area contributed by atoms with Crippen LogP contribution in [-0.4, -0.2) is 0 Å². The summed E-state index contributed by atoms with van der Waals surface area (Å²) in [6.07, 6.45) is 6.19. The first-order valence-electron chi connectivity index (χ1n) is 4.95. The van der Waals surface area contributed by atoms with Crippen LogP contribution >= 0.6 is 0 Å². The van der Waals surface area contributed by atoms with Gasteiger partial charge in [0.05, 0.1) is 0 Å². The zero-order chi connectivity index (χ0) is 9.14. The van der Waals surface area contributed by atoms with Gasteiger partial charge in [0.2, 0.25) is 0 Å². The Morgan fingerprint density at radius 2 is 1.92 bits per heavy atom. The van der Waals surface area contributed by atoms with Crippen LogP contribution in [0.5, 0.6) is 0 Å². The molecule has 0 N–H and O–H groups in total. The zero-order valence-corrected chi connectivity index (χ0v) is 8.78. The number of allylic oxidation sites excluding steroid dienone is 4. The monoisotopic (exact) mass is 164 g/mol. The molecule has 0 fully saturated rings. The fourth-order valence-electron chi connectivity index (χ4n) is 1.71. The summed E-state index contributed by atoms with van der Waals surface area (Å²) < 4.78 is 0. The molecule has 1 aliphatic carbocycles. The normalized spacial score (nSPS) is 18.6. The van der Waals surface area contributed by atoms with E-state index < -0.39 is 0 Å². The van der Waals surface area contributed by atoms with E-state index in [1.165, 1.54) is 19.3 Å². The maximum atomic E-state index is 2.39. The van der Waals surface area contributed by atoms with E-state index in [4.69, 9.17) is 0 Å². The van der Waals surface area contributed by atoms with Gasteiger partial charge in [-0.05, 0) is 44.6 Å². The van der Waals surface area contributed by atoms with Gasteiger partial charge < -0.3 is 0 Å². The van der Waals surface area contributed by atoms with Crippen molar-refractivity contribution in [2.75, 3.05) is 0 Å². The Labute approximate surface area is 76.4 Å². The van der Waals surface area contributed by atoms with E-state index in [2.05, 4.69) is 33.8 Å². The third-order valence-corrected chi connectivity index (χ3v) is 2.49. The fourth-order valence-corrected chi connectivity index (χ4v) is 1.71. The second kappa shape index (κ2) is 3.93. The molecule has 0 heterocycles. The lowest BCUT2D eigenvalue weighted by Crippen LogP contribution is -1.98. The van der Waals surface area contributed by atoms with Crippen molar-refractivity contribution in [2.24, 2.45) is 5.92 Å². The first-order valence-corrected chi connectivity index (χ1v) is 4.95. The number of rotatable bonds is 2. The molecule has 0 aromatic carbocycles. The van der Waals surface area contributed by atoms with Crippen molar-refractivity contribution in [3.63, 3.8) is 0 Å². The Bertz CT molecular complexity index is 216. The summed E-state index contributed by atoms with van der Waals surface area (Å²) >= 11 is 0. The van der Waals surface area contributed by atoms with Crippen LogP contribution in [0.4, 0.5) is 0 Å². The summed E-state index contributed by atoms with van der Waals surface area (Å²) in [4.78, 5) is 0. The van der Waals surface area contributed by atoms with E-state index in [9.17, 15) is 0 Å². The third kappa shape index (κ3) is 2.51. The average Bonchev–Trinajstić information content (AvgIpc) is 1.96. The molecule has 0 nitrogen and oxygen atoms in total. The van der Waals surface area contributed by atoms with Crippen molar-refractivity contribution in [1.29, 1.82) is 0 Å². The molecule has 68 valence electrons. The van der Waals surface area contributed by atoms with E-state index in [1.807, 2.05) is 0 Å². The van der Waals surface area contributed by atoms with Crippen molar-refractivity contribution in [1.82, 2.24) is 0 Å². The maximum absolute atomic E-state index is 2.39. The largest absolute Gasteiger partial charge is 0.0727 e. The summed E-state index contributed by atoms with van der Waals surface area (Å²) in [6, 6.07) is 0. The molecule has 0 unspecified atom stereocenters. The topological polar surface area (TPSA) is 0 Å². The second-order valence-electron chi connectivity index (χ2n) is 4.39. The average molecular weight is 164 g/mol. The van der Waals surface area contributed by atoms with E-state index in [0.29, 0.717) is 0 Å². The van der Waals surface area contributed by atoms with Crippen LogP contribution in [0.15, 0.2) is 22.8 Å². The highest BCUT2D eigenvalue weighted by molar-refractivity contribution is 5.32. The highest BCUT2D eigenvalue weighted by Crippen LogP contribution is 2.27. The van der Waals surface area contributed by atoms with Gasteiger partial charge in [0.15, 0.2) is 0 Å². The lowest BCUT2D eigenvalue weighted by atomic mass is 9.89. The van der Waals surface area contributed by atoms with Gasteiger partial charge in [-0.25, -0.2) is 0 Å². The molecule has 0 bridgehead atoms. The second-order valence-corrected chi connectivity index (χ2v) is 4.39. The predicted molar refractivity (Wildman–Crippen MR) is 55.1 cm³/mol. The molecular formula is C12H20. The zero-order valence-electron chi connectivity index (χ0n) is 8.78. The van der Waals surface area contributed by atoms with Gasteiger partial charge in [-0.3, -0.25) is 0 Å². The summed E-state index contributed by atoms with van der Waals surface area (Å²) in [5.74, 6) is 0.789. The molecule has 1 aliphatic rings. The summed E-state index contributed by atoms with van der Waals surface area (Å²) in [5.41, 5.74) is 4.75. The Morgan fingerprint density at radius 1 is 1.25 bits per heavy atom. The highest BCUT2D eigenvalue weighted by atomic mass is 14.1. The van der Waals surface area contributed by atoms with Gasteiger partial charge in [-0.15, -0.1) is 0 Å². The standard InChI is InChI=1S/C12H20/c1-9(2)7-12-8-10(3)5-6-11(12)4/h8-9H,5-7H2,1-4H3. The Balaban J connectivity index is 2.72. The first kappa shape index (κ1) is 9.57.